The number of anilines is 1. The molecule has 2 aromatic rings. The van der Waals surface area contributed by atoms with Crippen LogP contribution in [0.5, 0.6) is 11.5 Å². The molecule has 0 fully saturated rings. The molecule has 0 aliphatic carbocycles. The third-order valence-electron chi connectivity index (χ3n) is 4.89. The van der Waals surface area contributed by atoms with E-state index in [2.05, 4.69) is 17.4 Å². The van der Waals surface area contributed by atoms with Gasteiger partial charge in [-0.3, -0.25) is 9.10 Å². The second kappa shape index (κ2) is 9.38. The number of nitrogens with zero attached hydrogens (tertiary/aromatic N) is 1. The van der Waals surface area contributed by atoms with Crippen molar-refractivity contribution >= 4 is 21.6 Å². The van der Waals surface area contributed by atoms with Crippen LogP contribution in [0.2, 0.25) is 0 Å². The topological polar surface area (TPSA) is 84.9 Å². The number of fused-ring (bicyclic) bond motifs is 1. The molecule has 0 unspecified atom stereocenters. The predicted octanol–water partition coefficient (Wildman–Crippen LogP) is 2.67. The predicted molar refractivity (Wildman–Crippen MR) is 117 cm³/mol. The third kappa shape index (κ3) is 5.44. The lowest BCUT2D eigenvalue weighted by molar-refractivity contribution is -0.121. The van der Waals surface area contributed by atoms with Gasteiger partial charge >= 0.3 is 0 Å². The highest BCUT2D eigenvalue weighted by atomic mass is 32.2. The molecule has 0 saturated carbocycles. The van der Waals surface area contributed by atoms with E-state index in [9.17, 15) is 13.2 Å². The first-order chi connectivity index (χ1) is 14.3. The zero-order valence-corrected chi connectivity index (χ0v) is 18.4. The van der Waals surface area contributed by atoms with Crippen LogP contribution in [0.25, 0.3) is 0 Å². The van der Waals surface area contributed by atoms with Gasteiger partial charge in [0.15, 0.2) is 11.5 Å². The van der Waals surface area contributed by atoms with E-state index in [1.54, 1.807) is 25.1 Å². The van der Waals surface area contributed by atoms with Crippen molar-refractivity contribution in [2.45, 2.75) is 32.7 Å². The maximum Gasteiger partial charge on any atom is 0.243 e. The number of rotatable bonds is 8. The lowest BCUT2D eigenvalue weighted by Crippen LogP contribution is -2.48. The molecule has 0 bridgehead atoms. The number of benzene rings is 2. The summed E-state index contributed by atoms with van der Waals surface area (Å²) < 4.78 is 37.1. The minimum Gasteiger partial charge on any atom is -0.486 e. The molecular weight excluding hydrogens is 404 g/mol. The summed E-state index contributed by atoms with van der Waals surface area (Å²) in [7, 11) is -3.69. The summed E-state index contributed by atoms with van der Waals surface area (Å²) in [4.78, 5) is 12.7. The van der Waals surface area contributed by atoms with Gasteiger partial charge in [-0.15, -0.1) is 0 Å². The summed E-state index contributed by atoms with van der Waals surface area (Å²) in [5.41, 5.74) is 2.78. The Kier molecular flexibility index (Phi) is 6.87. The van der Waals surface area contributed by atoms with Crippen molar-refractivity contribution in [2.24, 2.45) is 0 Å². The molecule has 0 radical (unpaired) electrons. The van der Waals surface area contributed by atoms with Gasteiger partial charge in [-0.25, -0.2) is 8.42 Å². The lowest BCUT2D eigenvalue weighted by Gasteiger charge is -2.29. The zero-order chi connectivity index (χ0) is 21.7. The minimum atomic E-state index is -3.69. The van der Waals surface area contributed by atoms with Gasteiger partial charge in [-0.2, -0.15) is 0 Å². The van der Waals surface area contributed by atoms with Crippen LogP contribution in [0.3, 0.4) is 0 Å². The van der Waals surface area contributed by atoms with Crippen LogP contribution in [-0.4, -0.2) is 46.4 Å². The van der Waals surface area contributed by atoms with Crippen LogP contribution in [0.1, 0.15) is 24.5 Å². The molecule has 1 heterocycles. The minimum absolute atomic E-state index is 0.348. The summed E-state index contributed by atoms with van der Waals surface area (Å²) in [6.07, 6.45) is 2.70. The molecule has 3 rings (SSSR count). The molecule has 2 aromatic carbocycles. The molecule has 7 nitrogen and oxygen atoms in total. The van der Waals surface area contributed by atoms with E-state index in [1.807, 2.05) is 19.1 Å². The number of carbonyl (C=O) groups is 1. The first-order valence-corrected chi connectivity index (χ1v) is 11.8. The fourth-order valence-corrected chi connectivity index (χ4v) is 4.66. The molecule has 8 heteroatoms. The van der Waals surface area contributed by atoms with Crippen LogP contribution in [0.4, 0.5) is 5.69 Å². The smallest absolute Gasteiger partial charge is 0.243 e. The van der Waals surface area contributed by atoms with Gasteiger partial charge in [0, 0.05) is 12.6 Å². The Morgan fingerprint density at radius 1 is 1.13 bits per heavy atom. The van der Waals surface area contributed by atoms with Gasteiger partial charge < -0.3 is 14.8 Å². The van der Waals surface area contributed by atoms with Crippen LogP contribution < -0.4 is 19.1 Å². The van der Waals surface area contributed by atoms with Gasteiger partial charge in [0.25, 0.3) is 0 Å². The van der Waals surface area contributed by atoms with Crippen molar-refractivity contribution < 1.29 is 22.7 Å². The largest absolute Gasteiger partial charge is 0.486 e. The Bertz CT molecular complexity index is 1010. The van der Waals surface area contributed by atoms with E-state index in [1.165, 1.54) is 11.1 Å². The molecule has 1 amide bonds. The summed E-state index contributed by atoms with van der Waals surface area (Å²) in [5.74, 6) is 0.685. The highest BCUT2D eigenvalue weighted by Crippen LogP contribution is 2.35. The van der Waals surface area contributed by atoms with Gasteiger partial charge in [0.1, 0.15) is 19.3 Å². The van der Waals surface area contributed by atoms with Gasteiger partial charge in [0.2, 0.25) is 15.9 Å². The Balaban J connectivity index is 1.65. The number of hydrogen-bond acceptors (Lipinski definition) is 5. The number of hydrogen-bond donors (Lipinski definition) is 1. The number of sulfonamides is 1. The fourth-order valence-electron chi connectivity index (χ4n) is 3.50. The maximum atomic E-state index is 12.7. The van der Waals surface area contributed by atoms with Crippen molar-refractivity contribution in [3.8, 4) is 11.5 Å². The number of amides is 1. The monoisotopic (exact) mass is 432 g/mol. The Labute approximate surface area is 178 Å². The summed E-state index contributed by atoms with van der Waals surface area (Å²) in [5, 5.41) is 2.85. The standard InChI is InChI=1S/C22H28N2O5S/c1-16-6-4-7-18(14-16)8-5-11-23-22(25)17(2)24(30(3,26)27)19-9-10-20-21(15-19)29-13-12-28-20/h4,6-7,9-10,14-15,17H,5,8,11-13H2,1-3H3,(H,23,25)/t17-/m0/s1. The van der Waals surface area contributed by atoms with Crippen LogP contribution >= 0.6 is 0 Å². The number of nitrogens with one attached hydrogen (secondary N) is 1. The van der Waals surface area contributed by atoms with E-state index < -0.39 is 16.1 Å². The van der Waals surface area contributed by atoms with Gasteiger partial charge in [0.05, 0.1) is 11.9 Å². The van der Waals surface area contributed by atoms with Crippen LogP contribution in [0, 0.1) is 6.92 Å². The maximum absolute atomic E-state index is 12.7. The van der Waals surface area contributed by atoms with E-state index in [4.69, 9.17) is 9.47 Å². The fraction of sp³-hybridized carbons (Fsp3) is 0.409. The molecule has 0 spiro atoms. The van der Waals surface area contributed by atoms with Crippen molar-refractivity contribution in [3.05, 3.63) is 53.6 Å². The van der Waals surface area contributed by atoms with E-state index in [0.717, 1.165) is 23.4 Å². The summed E-state index contributed by atoms with van der Waals surface area (Å²) >= 11 is 0. The average molecular weight is 433 g/mol. The second-order valence-corrected chi connectivity index (χ2v) is 9.31. The molecule has 0 saturated heterocycles. The SMILES string of the molecule is Cc1cccc(CCCNC(=O)[C@H](C)N(c2ccc3c(c2)OCCO3)S(C)(=O)=O)c1. The number of ether oxygens (including phenoxy) is 2. The second-order valence-electron chi connectivity index (χ2n) is 7.45. The molecular formula is C22H28N2O5S. The zero-order valence-electron chi connectivity index (χ0n) is 17.6. The first-order valence-electron chi connectivity index (χ1n) is 9.98. The van der Waals surface area contributed by atoms with E-state index in [-0.39, 0.29) is 5.91 Å². The van der Waals surface area contributed by atoms with Crippen molar-refractivity contribution in [3.63, 3.8) is 0 Å². The molecule has 30 heavy (non-hydrogen) atoms. The first kappa shape index (κ1) is 22.0. The number of carbonyl (C=O) groups excluding carboxylic acids is 1. The van der Waals surface area contributed by atoms with E-state index in [0.29, 0.717) is 36.9 Å². The molecule has 1 atom stereocenters. The average Bonchev–Trinajstić information content (AvgIpc) is 2.70. The van der Waals surface area contributed by atoms with Crippen LogP contribution in [-0.2, 0) is 21.2 Å². The summed E-state index contributed by atoms with van der Waals surface area (Å²) in [6, 6.07) is 12.2. The van der Waals surface area contributed by atoms with E-state index >= 15 is 0 Å². The molecule has 1 N–H and O–H groups in total. The Morgan fingerprint density at radius 3 is 2.57 bits per heavy atom. The third-order valence-corrected chi connectivity index (χ3v) is 6.13. The molecule has 162 valence electrons. The van der Waals surface area contributed by atoms with Crippen molar-refractivity contribution in [2.75, 3.05) is 30.3 Å². The molecule has 1 aliphatic rings. The van der Waals surface area contributed by atoms with Gasteiger partial charge in [-0.1, -0.05) is 29.8 Å². The highest BCUT2D eigenvalue weighted by molar-refractivity contribution is 7.92. The van der Waals surface area contributed by atoms with Crippen molar-refractivity contribution in [1.29, 1.82) is 0 Å². The van der Waals surface area contributed by atoms with Crippen molar-refractivity contribution in [1.82, 2.24) is 5.32 Å². The summed E-state index contributed by atoms with van der Waals surface area (Å²) in [6.45, 7) is 4.93. The van der Waals surface area contributed by atoms with Crippen LogP contribution in [0.15, 0.2) is 42.5 Å². The molecule has 0 aromatic heterocycles. The lowest BCUT2D eigenvalue weighted by atomic mass is 10.1. The quantitative estimate of drug-likeness (QED) is 0.649. The Hall–Kier alpha value is -2.74. The number of aryl methyl sites for hydroxylation is 2. The Morgan fingerprint density at radius 2 is 1.87 bits per heavy atom. The molecule has 1 aliphatic heterocycles. The normalized spacial score (nSPS) is 14.1. The highest BCUT2D eigenvalue weighted by Gasteiger charge is 2.30. The van der Waals surface area contributed by atoms with Gasteiger partial charge in [-0.05, 0) is 44.4 Å².